The molecule has 78 valence electrons. The van der Waals surface area contributed by atoms with Crippen LogP contribution in [0.25, 0.3) is 0 Å². The molecule has 1 aromatic rings. The molecule has 0 radical (unpaired) electrons. The summed E-state index contributed by atoms with van der Waals surface area (Å²) in [6.07, 6.45) is 5.02. The van der Waals surface area contributed by atoms with Gasteiger partial charge in [0.2, 0.25) is 0 Å². The van der Waals surface area contributed by atoms with Crippen LogP contribution in [-0.4, -0.2) is 27.9 Å². The van der Waals surface area contributed by atoms with Crippen LogP contribution in [0.1, 0.15) is 24.6 Å². The second-order valence-electron chi connectivity index (χ2n) is 3.86. The number of rotatable bonds is 2. The van der Waals surface area contributed by atoms with Gasteiger partial charge in [-0.1, -0.05) is 0 Å². The number of hydrogen-bond acceptors (Lipinski definition) is 3. The molecule has 0 saturated carbocycles. The Morgan fingerprint density at radius 3 is 2.86 bits per heavy atom. The summed E-state index contributed by atoms with van der Waals surface area (Å²) in [5.74, 6) is 0.304. The maximum absolute atomic E-state index is 10.0. The topological polar surface area (TPSA) is 47.3 Å². The van der Waals surface area contributed by atoms with Gasteiger partial charge in [-0.15, -0.1) is 0 Å². The highest BCUT2D eigenvalue weighted by Crippen LogP contribution is 2.28. The predicted molar refractivity (Wildman–Crippen MR) is 51.7 cm³/mol. The third kappa shape index (κ3) is 1.96. The molecule has 1 N–H and O–H groups in total. The summed E-state index contributed by atoms with van der Waals surface area (Å²) in [6, 6.07) is 0. The van der Waals surface area contributed by atoms with Crippen molar-refractivity contribution in [2.45, 2.75) is 18.9 Å². The van der Waals surface area contributed by atoms with E-state index in [9.17, 15) is 5.11 Å². The first kappa shape index (κ1) is 9.68. The minimum Gasteiger partial charge on any atom is -0.386 e. The molecule has 0 spiro atoms. The molecule has 14 heavy (non-hydrogen) atoms. The molecule has 0 aliphatic carbocycles. The van der Waals surface area contributed by atoms with E-state index in [0.717, 1.165) is 31.7 Å². The highest BCUT2D eigenvalue weighted by molar-refractivity contribution is 5.02. The highest BCUT2D eigenvalue weighted by atomic mass is 16.5. The van der Waals surface area contributed by atoms with E-state index in [1.54, 1.807) is 6.33 Å². The molecular formula is C10H16N2O2. The Bertz CT molecular complexity index is 292. The van der Waals surface area contributed by atoms with Crippen molar-refractivity contribution in [3.63, 3.8) is 0 Å². The second-order valence-corrected chi connectivity index (χ2v) is 3.86. The van der Waals surface area contributed by atoms with Crippen molar-refractivity contribution in [2.24, 2.45) is 13.0 Å². The first-order valence-electron chi connectivity index (χ1n) is 5.01. The highest BCUT2D eigenvalue weighted by Gasteiger charge is 2.24. The van der Waals surface area contributed by atoms with Crippen molar-refractivity contribution in [3.8, 4) is 0 Å². The average molecular weight is 196 g/mol. The van der Waals surface area contributed by atoms with Crippen molar-refractivity contribution < 1.29 is 9.84 Å². The number of nitrogens with zero attached hydrogens (tertiary/aromatic N) is 2. The molecule has 1 fully saturated rings. The molecule has 0 amide bonds. The van der Waals surface area contributed by atoms with Crippen LogP contribution >= 0.6 is 0 Å². The molecule has 2 heterocycles. The number of ether oxygens (including phenoxy) is 1. The van der Waals surface area contributed by atoms with E-state index < -0.39 is 6.10 Å². The summed E-state index contributed by atoms with van der Waals surface area (Å²) in [6.45, 7) is 1.52. The predicted octanol–water partition coefficient (Wildman–Crippen LogP) is 0.880. The van der Waals surface area contributed by atoms with Gasteiger partial charge in [-0.05, 0) is 18.8 Å². The zero-order valence-corrected chi connectivity index (χ0v) is 8.39. The molecular weight excluding hydrogens is 180 g/mol. The van der Waals surface area contributed by atoms with Crippen LogP contribution in [0.15, 0.2) is 12.5 Å². The Labute approximate surface area is 83.5 Å². The summed E-state index contributed by atoms with van der Waals surface area (Å²) in [5.41, 5.74) is 0.777. The lowest BCUT2D eigenvalue weighted by Crippen LogP contribution is -2.22. The van der Waals surface area contributed by atoms with Crippen LogP contribution < -0.4 is 0 Å². The summed E-state index contributed by atoms with van der Waals surface area (Å²) in [4.78, 5) is 4.16. The molecule has 1 aliphatic rings. The van der Waals surface area contributed by atoms with Gasteiger partial charge >= 0.3 is 0 Å². The van der Waals surface area contributed by atoms with Gasteiger partial charge in [0.15, 0.2) is 0 Å². The second kappa shape index (κ2) is 4.11. The van der Waals surface area contributed by atoms with Gasteiger partial charge in [-0.3, -0.25) is 0 Å². The van der Waals surface area contributed by atoms with E-state index >= 15 is 0 Å². The van der Waals surface area contributed by atoms with E-state index in [2.05, 4.69) is 4.98 Å². The van der Waals surface area contributed by atoms with Crippen LogP contribution in [0, 0.1) is 5.92 Å². The molecule has 1 atom stereocenters. The number of imidazole rings is 1. The van der Waals surface area contributed by atoms with E-state index in [4.69, 9.17) is 4.74 Å². The Morgan fingerprint density at radius 1 is 1.57 bits per heavy atom. The largest absolute Gasteiger partial charge is 0.386 e. The van der Waals surface area contributed by atoms with Crippen molar-refractivity contribution in [2.75, 3.05) is 13.2 Å². The number of aliphatic hydroxyl groups is 1. The van der Waals surface area contributed by atoms with E-state index in [1.165, 1.54) is 0 Å². The molecule has 1 aromatic heterocycles. The minimum atomic E-state index is -0.430. The van der Waals surface area contributed by atoms with Crippen LogP contribution in [0.2, 0.25) is 0 Å². The molecule has 4 heteroatoms. The number of aromatic nitrogens is 2. The average Bonchev–Trinajstić information content (AvgIpc) is 2.65. The van der Waals surface area contributed by atoms with Crippen LogP contribution in [0.3, 0.4) is 0 Å². The normalized spacial score (nSPS) is 21.0. The number of aliphatic hydroxyl groups excluding tert-OH is 1. The molecule has 4 nitrogen and oxygen atoms in total. The number of hydrogen-bond donors (Lipinski definition) is 1. The van der Waals surface area contributed by atoms with Crippen molar-refractivity contribution in [1.82, 2.24) is 9.55 Å². The third-order valence-electron chi connectivity index (χ3n) is 2.74. The molecule has 1 unspecified atom stereocenters. The Kier molecular flexibility index (Phi) is 2.84. The van der Waals surface area contributed by atoms with E-state index in [-0.39, 0.29) is 0 Å². The molecule has 0 aromatic carbocycles. The van der Waals surface area contributed by atoms with Gasteiger partial charge < -0.3 is 14.4 Å². The van der Waals surface area contributed by atoms with E-state index in [1.807, 2.05) is 17.8 Å². The lowest BCUT2D eigenvalue weighted by Gasteiger charge is -2.25. The zero-order valence-electron chi connectivity index (χ0n) is 8.39. The standard InChI is InChI=1S/C10H16N2O2/c1-12-6-9(11-7-12)10(13)8-2-4-14-5-3-8/h6-8,10,13H,2-5H2,1H3. The minimum absolute atomic E-state index is 0.304. The number of aryl methyl sites for hydroxylation is 1. The van der Waals surface area contributed by atoms with Crippen LogP contribution in [-0.2, 0) is 11.8 Å². The van der Waals surface area contributed by atoms with E-state index in [0.29, 0.717) is 5.92 Å². The quantitative estimate of drug-likeness (QED) is 0.763. The van der Waals surface area contributed by atoms with Gasteiger partial charge in [0.05, 0.1) is 12.0 Å². The summed E-state index contributed by atoms with van der Waals surface area (Å²) in [5, 5.41) is 10.0. The lowest BCUT2D eigenvalue weighted by molar-refractivity contribution is 0.00569. The fraction of sp³-hybridized carbons (Fsp3) is 0.700. The fourth-order valence-electron chi connectivity index (χ4n) is 1.86. The van der Waals surface area contributed by atoms with Gasteiger partial charge in [0.25, 0.3) is 0 Å². The third-order valence-corrected chi connectivity index (χ3v) is 2.74. The summed E-state index contributed by atoms with van der Waals surface area (Å²) >= 11 is 0. The van der Waals surface area contributed by atoms with Gasteiger partial charge in [-0.25, -0.2) is 4.98 Å². The van der Waals surface area contributed by atoms with Crippen molar-refractivity contribution in [1.29, 1.82) is 0 Å². The van der Waals surface area contributed by atoms with Crippen molar-refractivity contribution >= 4 is 0 Å². The molecule has 1 aliphatic heterocycles. The SMILES string of the molecule is Cn1cnc(C(O)C2CCOCC2)c1. The summed E-state index contributed by atoms with van der Waals surface area (Å²) < 4.78 is 7.11. The van der Waals surface area contributed by atoms with Gasteiger partial charge in [0.1, 0.15) is 6.10 Å². The Balaban J connectivity index is 2.03. The first-order valence-corrected chi connectivity index (χ1v) is 5.01. The van der Waals surface area contributed by atoms with Crippen LogP contribution in [0.5, 0.6) is 0 Å². The van der Waals surface area contributed by atoms with Crippen molar-refractivity contribution in [3.05, 3.63) is 18.2 Å². The van der Waals surface area contributed by atoms with Gasteiger partial charge in [-0.2, -0.15) is 0 Å². The van der Waals surface area contributed by atoms with Crippen LogP contribution in [0.4, 0.5) is 0 Å². The molecule has 1 saturated heterocycles. The zero-order chi connectivity index (χ0) is 9.97. The maximum Gasteiger partial charge on any atom is 0.100 e. The maximum atomic E-state index is 10.0. The Morgan fingerprint density at radius 2 is 2.29 bits per heavy atom. The first-order chi connectivity index (χ1) is 6.77. The lowest BCUT2D eigenvalue weighted by atomic mass is 9.92. The molecule has 0 bridgehead atoms. The summed E-state index contributed by atoms with van der Waals surface area (Å²) in [7, 11) is 1.91. The van der Waals surface area contributed by atoms with Gasteiger partial charge in [0, 0.05) is 26.5 Å². The Hall–Kier alpha value is -0.870. The molecule has 2 rings (SSSR count). The fourth-order valence-corrected chi connectivity index (χ4v) is 1.86. The monoisotopic (exact) mass is 196 g/mol. The smallest absolute Gasteiger partial charge is 0.100 e.